The first-order valence-corrected chi connectivity index (χ1v) is 6.46. The highest BCUT2D eigenvalue weighted by Gasteiger charge is 2.43. The highest BCUT2D eigenvalue weighted by Crippen LogP contribution is 2.56. The van der Waals surface area contributed by atoms with E-state index < -0.39 is 0 Å². The first-order valence-electron chi connectivity index (χ1n) is 6.46. The SMILES string of the molecule is CC=CCCCCC12CCC(CC1)C2. The van der Waals surface area contributed by atoms with Crippen molar-refractivity contribution in [2.75, 3.05) is 0 Å². The molecule has 2 bridgehead atoms. The minimum atomic E-state index is 0.834. The molecule has 80 valence electrons. The lowest BCUT2D eigenvalue weighted by Gasteiger charge is -2.26. The van der Waals surface area contributed by atoms with Crippen molar-refractivity contribution in [1.82, 2.24) is 0 Å². The molecule has 2 aliphatic carbocycles. The Morgan fingerprint density at radius 3 is 2.57 bits per heavy atom. The summed E-state index contributed by atoms with van der Waals surface area (Å²) in [5, 5.41) is 0. The average Bonchev–Trinajstić information content (AvgIpc) is 2.77. The van der Waals surface area contributed by atoms with E-state index in [0.29, 0.717) is 0 Å². The van der Waals surface area contributed by atoms with Gasteiger partial charge in [-0.1, -0.05) is 18.6 Å². The Bertz CT molecular complexity index is 194. The first-order chi connectivity index (χ1) is 6.85. The normalized spacial score (nSPS) is 35.9. The van der Waals surface area contributed by atoms with Crippen LogP contribution in [0.2, 0.25) is 0 Å². The molecule has 0 aromatic rings. The summed E-state index contributed by atoms with van der Waals surface area (Å²) in [5.74, 6) is 1.13. The minimum Gasteiger partial charge on any atom is -0.0917 e. The molecule has 0 aromatic heterocycles. The molecule has 0 N–H and O–H groups in total. The first kappa shape index (κ1) is 10.3. The van der Waals surface area contributed by atoms with E-state index in [1.807, 2.05) is 0 Å². The second-order valence-corrected chi connectivity index (χ2v) is 5.46. The van der Waals surface area contributed by atoms with Gasteiger partial charge in [-0.25, -0.2) is 0 Å². The van der Waals surface area contributed by atoms with Crippen LogP contribution in [0.25, 0.3) is 0 Å². The molecular formula is C14H24. The Morgan fingerprint density at radius 2 is 2.00 bits per heavy atom. The summed E-state index contributed by atoms with van der Waals surface area (Å²) in [7, 11) is 0. The van der Waals surface area contributed by atoms with Crippen LogP contribution in [-0.2, 0) is 0 Å². The lowest BCUT2D eigenvalue weighted by atomic mass is 9.80. The maximum atomic E-state index is 2.31. The van der Waals surface area contributed by atoms with Gasteiger partial charge in [-0.3, -0.25) is 0 Å². The molecular weight excluding hydrogens is 168 g/mol. The molecule has 14 heavy (non-hydrogen) atoms. The van der Waals surface area contributed by atoms with Crippen molar-refractivity contribution in [2.45, 2.75) is 64.7 Å². The van der Waals surface area contributed by atoms with Crippen molar-refractivity contribution in [2.24, 2.45) is 11.3 Å². The quantitative estimate of drug-likeness (QED) is 0.437. The van der Waals surface area contributed by atoms with E-state index in [0.717, 1.165) is 11.3 Å². The highest BCUT2D eigenvalue weighted by atomic mass is 14.5. The molecule has 0 radical (unpaired) electrons. The van der Waals surface area contributed by atoms with Gasteiger partial charge in [0.1, 0.15) is 0 Å². The fourth-order valence-electron chi connectivity index (χ4n) is 3.59. The molecule has 2 fully saturated rings. The Balaban J connectivity index is 1.65. The Hall–Kier alpha value is -0.260. The Kier molecular flexibility index (Phi) is 3.30. The summed E-state index contributed by atoms with van der Waals surface area (Å²) >= 11 is 0. The summed E-state index contributed by atoms with van der Waals surface area (Å²) < 4.78 is 0. The highest BCUT2D eigenvalue weighted by molar-refractivity contribution is 4.95. The predicted molar refractivity (Wildman–Crippen MR) is 62.3 cm³/mol. The number of hydrogen-bond donors (Lipinski definition) is 0. The van der Waals surface area contributed by atoms with E-state index in [1.165, 1.54) is 25.7 Å². The number of rotatable bonds is 5. The molecule has 0 heterocycles. The van der Waals surface area contributed by atoms with Gasteiger partial charge in [0, 0.05) is 0 Å². The zero-order valence-electron chi connectivity index (χ0n) is 9.60. The minimum absolute atomic E-state index is 0.834. The van der Waals surface area contributed by atoms with Crippen molar-refractivity contribution in [1.29, 1.82) is 0 Å². The van der Waals surface area contributed by atoms with Crippen LogP contribution in [-0.4, -0.2) is 0 Å². The molecule has 0 atom stereocenters. The molecule has 2 rings (SSSR count). The molecule has 0 spiro atoms. The average molecular weight is 192 g/mol. The third kappa shape index (κ3) is 2.21. The third-order valence-corrected chi connectivity index (χ3v) is 4.45. The maximum Gasteiger partial charge on any atom is -0.0295 e. The molecule has 0 aromatic carbocycles. The fourth-order valence-corrected chi connectivity index (χ4v) is 3.59. The van der Waals surface area contributed by atoms with Gasteiger partial charge >= 0.3 is 0 Å². The summed E-state index contributed by atoms with van der Waals surface area (Å²) in [6.45, 7) is 2.12. The van der Waals surface area contributed by atoms with Crippen LogP contribution in [0.3, 0.4) is 0 Å². The van der Waals surface area contributed by atoms with Crippen molar-refractivity contribution < 1.29 is 0 Å². The van der Waals surface area contributed by atoms with Gasteiger partial charge in [-0.05, 0) is 69.6 Å². The second kappa shape index (κ2) is 4.51. The summed E-state index contributed by atoms with van der Waals surface area (Å²) in [6, 6.07) is 0. The summed E-state index contributed by atoms with van der Waals surface area (Å²) in [5.41, 5.74) is 0.834. The van der Waals surface area contributed by atoms with Crippen LogP contribution in [0.5, 0.6) is 0 Å². The smallest absolute Gasteiger partial charge is 0.0295 e. The van der Waals surface area contributed by atoms with Crippen LogP contribution in [0.4, 0.5) is 0 Å². The van der Waals surface area contributed by atoms with Gasteiger partial charge in [0.15, 0.2) is 0 Å². The topological polar surface area (TPSA) is 0 Å². The zero-order valence-corrected chi connectivity index (χ0v) is 9.60. The summed E-state index contributed by atoms with van der Waals surface area (Å²) in [6.07, 6.45) is 18.0. The van der Waals surface area contributed by atoms with Crippen molar-refractivity contribution in [3.05, 3.63) is 12.2 Å². The van der Waals surface area contributed by atoms with E-state index in [-0.39, 0.29) is 0 Å². The lowest BCUT2D eigenvalue weighted by molar-refractivity contribution is 0.262. The lowest BCUT2D eigenvalue weighted by Crippen LogP contribution is -2.13. The van der Waals surface area contributed by atoms with Crippen LogP contribution < -0.4 is 0 Å². The fraction of sp³-hybridized carbons (Fsp3) is 0.857. The molecule has 0 unspecified atom stereocenters. The second-order valence-electron chi connectivity index (χ2n) is 5.46. The van der Waals surface area contributed by atoms with Gasteiger partial charge in [0.05, 0.1) is 0 Å². The molecule has 2 aliphatic rings. The number of allylic oxidation sites excluding steroid dienone is 2. The van der Waals surface area contributed by atoms with Crippen molar-refractivity contribution in [3.8, 4) is 0 Å². The standard InChI is InChI=1S/C14H24/c1-2-3-4-5-6-9-14-10-7-13(12-14)8-11-14/h2-3,13H,4-12H2,1H3. The largest absolute Gasteiger partial charge is 0.0917 e. The maximum absolute atomic E-state index is 2.31. The van der Waals surface area contributed by atoms with Gasteiger partial charge in [0.2, 0.25) is 0 Å². The number of hydrogen-bond acceptors (Lipinski definition) is 0. The number of unbranched alkanes of at least 4 members (excludes halogenated alkanes) is 2. The van der Waals surface area contributed by atoms with Gasteiger partial charge in [-0.2, -0.15) is 0 Å². The number of fused-ring (bicyclic) bond motifs is 2. The van der Waals surface area contributed by atoms with Gasteiger partial charge < -0.3 is 0 Å². The molecule has 2 saturated carbocycles. The van der Waals surface area contributed by atoms with Crippen LogP contribution in [0.15, 0.2) is 12.2 Å². The van der Waals surface area contributed by atoms with E-state index in [9.17, 15) is 0 Å². The summed E-state index contributed by atoms with van der Waals surface area (Å²) in [4.78, 5) is 0. The Morgan fingerprint density at radius 1 is 1.21 bits per heavy atom. The molecule has 0 nitrogen and oxygen atoms in total. The van der Waals surface area contributed by atoms with E-state index in [2.05, 4.69) is 19.1 Å². The van der Waals surface area contributed by atoms with E-state index in [4.69, 9.17) is 0 Å². The molecule has 0 amide bonds. The van der Waals surface area contributed by atoms with Crippen molar-refractivity contribution in [3.63, 3.8) is 0 Å². The monoisotopic (exact) mass is 192 g/mol. The van der Waals surface area contributed by atoms with Crippen molar-refractivity contribution >= 4 is 0 Å². The third-order valence-electron chi connectivity index (χ3n) is 4.45. The van der Waals surface area contributed by atoms with Gasteiger partial charge in [0.25, 0.3) is 0 Å². The predicted octanol–water partition coefficient (Wildman–Crippen LogP) is 4.70. The van der Waals surface area contributed by atoms with Gasteiger partial charge in [-0.15, -0.1) is 0 Å². The van der Waals surface area contributed by atoms with Crippen LogP contribution in [0.1, 0.15) is 64.7 Å². The molecule has 0 aliphatic heterocycles. The van der Waals surface area contributed by atoms with E-state index >= 15 is 0 Å². The molecule has 0 saturated heterocycles. The van der Waals surface area contributed by atoms with Crippen LogP contribution in [0, 0.1) is 11.3 Å². The Labute approximate surface area is 88.8 Å². The van der Waals surface area contributed by atoms with Crippen LogP contribution >= 0.6 is 0 Å². The zero-order chi connectivity index (χ0) is 9.86. The molecule has 0 heteroatoms. The van der Waals surface area contributed by atoms with E-state index in [1.54, 1.807) is 32.1 Å².